The van der Waals surface area contributed by atoms with E-state index in [2.05, 4.69) is 30.9 Å². The quantitative estimate of drug-likeness (QED) is 0.755. The average molecular weight is 370 g/mol. The molecule has 0 spiro atoms. The molecule has 3 aromatic rings. The lowest BCUT2D eigenvalue weighted by atomic mass is 10.1. The lowest BCUT2D eigenvalue weighted by molar-refractivity contribution is 0.0699. The van der Waals surface area contributed by atoms with E-state index in [1.165, 1.54) is 0 Å². The first-order valence-electron chi connectivity index (χ1n) is 6.84. The van der Waals surface area contributed by atoms with E-state index in [-0.39, 0.29) is 5.56 Å². The number of aryl methyl sites for hydroxylation is 1. The average Bonchev–Trinajstić information content (AvgIpc) is 2.51. The van der Waals surface area contributed by atoms with Crippen molar-refractivity contribution >= 4 is 45.0 Å². The molecule has 0 fully saturated rings. The summed E-state index contributed by atoms with van der Waals surface area (Å²) in [4.78, 5) is 24.4. The number of carbonyl (C=O) groups is 1. The van der Waals surface area contributed by atoms with Crippen LogP contribution in [0, 0.1) is 6.92 Å². The van der Waals surface area contributed by atoms with Gasteiger partial charge in [-0.3, -0.25) is 0 Å². The minimum atomic E-state index is -0.985. The summed E-state index contributed by atoms with van der Waals surface area (Å²) < 4.78 is 0.844. The Morgan fingerprint density at radius 2 is 2.00 bits per heavy atom. The lowest BCUT2D eigenvalue weighted by Crippen LogP contribution is -2.00. The van der Waals surface area contributed by atoms with Gasteiger partial charge >= 0.3 is 5.97 Å². The number of rotatable bonds is 3. The number of fused-ring (bicyclic) bond motifs is 1. The molecular formula is C17H12BrN3O2. The summed E-state index contributed by atoms with van der Waals surface area (Å²) in [6, 6.07) is 8.69. The number of pyridine rings is 1. The van der Waals surface area contributed by atoms with Crippen LogP contribution in [0.5, 0.6) is 0 Å². The van der Waals surface area contributed by atoms with E-state index in [1.54, 1.807) is 42.6 Å². The molecule has 2 heterocycles. The summed E-state index contributed by atoms with van der Waals surface area (Å²) in [6.07, 6.45) is 5.10. The van der Waals surface area contributed by atoms with E-state index < -0.39 is 5.97 Å². The van der Waals surface area contributed by atoms with Crippen LogP contribution in [-0.2, 0) is 0 Å². The molecular weight excluding hydrogens is 358 g/mol. The predicted molar refractivity (Wildman–Crippen MR) is 92.1 cm³/mol. The largest absolute Gasteiger partial charge is 0.478 e. The monoisotopic (exact) mass is 369 g/mol. The second kappa shape index (κ2) is 6.26. The van der Waals surface area contributed by atoms with Gasteiger partial charge in [0.2, 0.25) is 0 Å². The summed E-state index contributed by atoms with van der Waals surface area (Å²) in [7, 11) is 0. The Kier molecular flexibility index (Phi) is 4.16. The van der Waals surface area contributed by atoms with Crippen molar-refractivity contribution in [1.29, 1.82) is 0 Å². The molecule has 0 aliphatic rings. The maximum Gasteiger partial charge on any atom is 0.336 e. The van der Waals surface area contributed by atoms with Gasteiger partial charge in [0.05, 0.1) is 16.8 Å². The van der Waals surface area contributed by atoms with Crippen LogP contribution in [0.25, 0.3) is 23.1 Å². The molecule has 5 nitrogen and oxygen atoms in total. The fourth-order valence-electron chi connectivity index (χ4n) is 2.19. The van der Waals surface area contributed by atoms with E-state index in [0.717, 1.165) is 10.2 Å². The minimum absolute atomic E-state index is 0.215. The predicted octanol–water partition coefficient (Wildman–Crippen LogP) is 3.96. The van der Waals surface area contributed by atoms with Crippen molar-refractivity contribution in [2.75, 3.05) is 0 Å². The van der Waals surface area contributed by atoms with Gasteiger partial charge in [-0.1, -0.05) is 22.0 Å². The van der Waals surface area contributed by atoms with Gasteiger partial charge in [-0.15, -0.1) is 0 Å². The second-order valence-electron chi connectivity index (χ2n) is 4.95. The number of benzene rings is 1. The molecule has 23 heavy (non-hydrogen) atoms. The zero-order valence-electron chi connectivity index (χ0n) is 12.2. The Hall–Kier alpha value is -2.60. The van der Waals surface area contributed by atoms with Gasteiger partial charge in [-0.2, -0.15) is 0 Å². The molecule has 0 saturated carbocycles. The van der Waals surface area contributed by atoms with E-state index in [4.69, 9.17) is 0 Å². The number of aromatic carboxylic acids is 1. The van der Waals surface area contributed by atoms with E-state index >= 15 is 0 Å². The van der Waals surface area contributed by atoms with Crippen molar-refractivity contribution in [1.82, 2.24) is 15.0 Å². The Balaban J connectivity index is 2.09. The van der Waals surface area contributed by atoms with E-state index in [0.29, 0.717) is 22.4 Å². The number of halogens is 1. The third-order valence-corrected chi connectivity index (χ3v) is 3.73. The number of carboxylic acids is 1. The Bertz CT molecular complexity index is 938. The molecule has 6 heteroatoms. The molecule has 0 atom stereocenters. The number of nitrogens with zero attached hydrogens (tertiary/aromatic N) is 3. The standard InChI is InChI=1S/C17H12BrN3O2/c1-10-6-7-19-16(20-10)5-3-12-9-14(17(22)23)13-4-2-11(18)8-15(13)21-12/h2-9H,1H3,(H,22,23). The lowest BCUT2D eigenvalue weighted by Gasteiger charge is -2.05. The van der Waals surface area contributed by atoms with E-state index in [9.17, 15) is 9.90 Å². The third-order valence-electron chi connectivity index (χ3n) is 3.24. The first kappa shape index (κ1) is 15.3. The zero-order chi connectivity index (χ0) is 16.4. The van der Waals surface area contributed by atoms with Crippen molar-refractivity contribution in [3.05, 3.63) is 63.8 Å². The van der Waals surface area contributed by atoms with Crippen molar-refractivity contribution in [2.45, 2.75) is 6.92 Å². The molecule has 0 saturated heterocycles. The van der Waals surface area contributed by atoms with Gasteiger partial charge in [0.25, 0.3) is 0 Å². The molecule has 2 aromatic heterocycles. The molecule has 0 bridgehead atoms. The third kappa shape index (κ3) is 3.43. The first-order chi connectivity index (χ1) is 11.0. The van der Waals surface area contributed by atoms with Crippen molar-refractivity contribution in [3.63, 3.8) is 0 Å². The Morgan fingerprint density at radius 1 is 1.17 bits per heavy atom. The van der Waals surface area contributed by atoms with Gasteiger partial charge in [-0.05, 0) is 43.3 Å². The van der Waals surface area contributed by atoms with Crippen LogP contribution in [0.1, 0.15) is 27.6 Å². The summed E-state index contributed by atoms with van der Waals surface area (Å²) in [5.74, 6) is -0.431. The summed E-state index contributed by atoms with van der Waals surface area (Å²) in [5.41, 5.74) is 2.23. The first-order valence-corrected chi connectivity index (χ1v) is 7.63. The molecule has 114 valence electrons. The molecule has 3 rings (SSSR count). The molecule has 0 aliphatic carbocycles. The molecule has 0 aliphatic heterocycles. The molecule has 0 amide bonds. The van der Waals surface area contributed by atoms with Crippen molar-refractivity contribution in [3.8, 4) is 0 Å². The van der Waals surface area contributed by atoms with Gasteiger partial charge < -0.3 is 5.11 Å². The highest BCUT2D eigenvalue weighted by molar-refractivity contribution is 9.10. The molecule has 1 aromatic carbocycles. The highest BCUT2D eigenvalue weighted by Gasteiger charge is 2.11. The second-order valence-corrected chi connectivity index (χ2v) is 5.87. The van der Waals surface area contributed by atoms with Crippen LogP contribution in [0.4, 0.5) is 0 Å². The number of aromatic nitrogens is 3. The number of hydrogen-bond donors (Lipinski definition) is 1. The van der Waals surface area contributed by atoms with Crippen molar-refractivity contribution in [2.24, 2.45) is 0 Å². The van der Waals surface area contributed by atoms with Crippen LogP contribution >= 0.6 is 15.9 Å². The van der Waals surface area contributed by atoms with Crippen LogP contribution in [0.3, 0.4) is 0 Å². The van der Waals surface area contributed by atoms with Crippen LogP contribution in [-0.4, -0.2) is 26.0 Å². The summed E-state index contributed by atoms with van der Waals surface area (Å²) in [5, 5.41) is 10.0. The topological polar surface area (TPSA) is 76.0 Å². The summed E-state index contributed by atoms with van der Waals surface area (Å²) in [6.45, 7) is 1.88. The SMILES string of the molecule is Cc1ccnc(C=Cc2cc(C(=O)O)c3ccc(Br)cc3n2)n1. The van der Waals surface area contributed by atoms with Gasteiger partial charge in [-0.25, -0.2) is 19.7 Å². The van der Waals surface area contributed by atoms with Crippen LogP contribution in [0.15, 0.2) is 41.0 Å². The van der Waals surface area contributed by atoms with Gasteiger partial charge in [0.15, 0.2) is 5.82 Å². The fourth-order valence-corrected chi connectivity index (χ4v) is 2.54. The number of carboxylic acid groups (broad SMARTS) is 1. The summed E-state index contributed by atoms with van der Waals surface area (Å²) >= 11 is 3.38. The normalized spacial score (nSPS) is 11.2. The zero-order valence-corrected chi connectivity index (χ0v) is 13.8. The molecule has 0 unspecified atom stereocenters. The highest BCUT2D eigenvalue weighted by Crippen LogP contribution is 2.23. The number of hydrogen-bond acceptors (Lipinski definition) is 4. The fraction of sp³-hybridized carbons (Fsp3) is 0.0588. The highest BCUT2D eigenvalue weighted by atomic mass is 79.9. The van der Waals surface area contributed by atoms with Crippen LogP contribution in [0.2, 0.25) is 0 Å². The Labute approximate surface area is 140 Å². The maximum absolute atomic E-state index is 11.5. The maximum atomic E-state index is 11.5. The van der Waals surface area contributed by atoms with E-state index in [1.807, 2.05) is 13.0 Å². The molecule has 0 radical (unpaired) electrons. The van der Waals surface area contributed by atoms with Crippen molar-refractivity contribution < 1.29 is 9.90 Å². The molecule has 1 N–H and O–H groups in total. The smallest absolute Gasteiger partial charge is 0.336 e. The van der Waals surface area contributed by atoms with Gasteiger partial charge in [0.1, 0.15) is 0 Å². The Morgan fingerprint density at radius 3 is 2.74 bits per heavy atom. The minimum Gasteiger partial charge on any atom is -0.478 e. The van der Waals surface area contributed by atoms with Crippen LogP contribution < -0.4 is 0 Å². The van der Waals surface area contributed by atoms with Gasteiger partial charge in [0, 0.05) is 21.7 Å².